The van der Waals surface area contributed by atoms with E-state index in [-0.39, 0.29) is 18.0 Å². The third kappa shape index (κ3) is 3.35. The first-order chi connectivity index (χ1) is 13.0. The van der Waals surface area contributed by atoms with Crippen molar-refractivity contribution in [3.8, 4) is 11.4 Å². The number of carbonyl (C=O) groups is 1. The predicted octanol–water partition coefficient (Wildman–Crippen LogP) is 2.53. The van der Waals surface area contributed by atoms with Crippen LogP contribution in [0.1, 0.15) is 25.0 Å². The zero-order valence-electron chi connectivity index (χ0n) is 15.1. The van der Waals surface area contributed by atoms with Gasteiger partial charge in [-0.2, -0.15) is 9.50 Å². The van der Waals surface area contributed by atoms with Gasteiger partial charge in [-0.3, -0.25) is 9.59 Å². The number of rotatable bonds is 3. The summed E-state index contributed by atoms with van der Waals surface area (Å²) in [5.41, 5.74) is 1.04. The van der Waals surface area contributed by atoms with E-state index < -0.39 is 0 Å². The Balaban J connectivity index is 1.77. The fourth-order valence-electron chi connectivity index (χ4n) is 3.43. The summed E-state index contributed by atoms with van der Waals surface area (Å²) in [7, 11) is 0. The molecule has 7 nitrogen and oxygen atoms in total. The highest BCUT2D eigenvalue weighted by atomic mass is 35.5. The zero-order chi connectivity index (χ0) is 19.0. The van der Waals surface area contributed by atoms with Crippen molar-refractivity contribution in [3.05, 3.63) is 51.4 Å². The number of aromatic nitrogens is 4. The number of halogens is 1. The second-order valence-electron chi connectivity index (χ2n) is 6.78. The Bertz CT molecular complexity index is 1070. The minimum atomic E-state index is -0.282. The van der Waals surface area contributed by atoms with Crippen LogP contribution in [0.2, 0.25) is 5.02 Å². The standard InChI is InChI=1S/C19H20ClN5O2/c1-13-11-16(26)25-19(21-18(22-25)14-7-3-4-8-15(14)20)24(13)12-17(27)23-9-5-2-6-10-23/h3-4,7-8,11H,2,5-6,9-10,12H2,1H3. The van der Waals surface area contributed by atoms with E-state index in [9.17, 15) is 9.59 Å². The number of fused-ring (bicyclic) bond motifs is 1. The third-order valence-corrected chi connectivity index (χ3v) is 5.24. The SMILES string of the molecule is Cc1cc(=O)n2nc(-c3ccccc3Cl)nc2n1CC(=O)N1CCCCC1. The first-order valence-corrected chi connectivity index (χ1v) is 9.42. The van der Waals surface area contributed by atoms with Crippen LogP contribution in [0.25, 0.3) is 17.2 Å². The number of amides is 1. The van der Waals surface area contributed by atoms with Crippen molar-refractivity contribution in [2.45, 2.75) is 32.7 Å². The highest BCUT2D eigenvalue weighted by Crippen LogP contribution is 2.25. The molecule has 1 aliphatic rings. The molecule has 140 valence electrons. The average Bonchev–Trinajstić information content (AvgIpc) is 3.11. The molecular formula is C19H20ClN5O2. The summed E-state index contributed by atoms with van der Waals surface area (Å²) in [6.45, 7) is 3.50. The molecule has 1 aliphatic heterocycles. The molecule has 1 amide bonds. The van der Waals surface area contributed by atoms with Crippen LogP contribution in [0.3, 0.4) is 0 Å². The summed E-state index contributed by atoms with van der Waals surface area (Å²) in [6.07, 6.45) is 3.23. The maximum atomic E-state index is 12.7. The fourth-order valence-corrected chi connectivity index (χ4v) is 3.65. The van der Waals surface area contributed by atoms with Crippen molar-refractivity contribution in [2.75, 3.05) is 13.1 Å². The maximum absolute atomic E-state index is 12.7. The molecule has 0 unspecified atom stereocenters. The Hall–Kier alpha value is -2.67. The minimum absolute atomic E-state index is 0.0330. The first-order valence-electron chi connectivity index (χ1n) is 9.04. The molecule has 8 heteroatoms. The third-order valence-electron chi connectivity index (χ3n) is 4.92. The van der Waals surface area contributed by atoms with E-state index in [0.717, 1.165) is 32.4 Å². The van der Waals surface area contributed by atoms with Crippen molar-refractivity contribution >= 4 is 23.3 Å². The first kappa shape index (κ1) is 17.7. The molecule has 0 radical (unpaired) electrons. The number of carbonyl (C=O) groups excluding carboxylic acids is 1. The highest BCUT2D eigenvalue weighted by molar-refractivity contribution is 6.33. The summed E-state index contributed by atoms with van der Waals surface area (Å²) < 4.78 is 2.97. The maximum Gasteiger partial charge on any atom is 0.275 e. The van der Waals surface area contributed by atoms with Gasteiger partial charge in [0.25, 0.3) is 5.56 Å². The molecule has 4 rings (SSSR count). The van der Waals surface area contributed by atoms with Crippen LogP contribution in [0.5, 0.6) is 0 Å². The quantitative estimate of drug-likeness (QED) is 0.694. The number of hydrogen-bond donors (Lipinski definition) is 0. The van der Waals surface area contributed by atoms with Crippen molar-refractivity contribution in [1.29, 1.82) is 0 Å². The molecule has 0 N–H and O–H groups in total. The molecule has 0 bridgehead atoms. The topological polar surface area (TPSA) is 72.5 Å². The van der Waals surface area contributed by atoms with Gasteiger partial charge in [-0.25, -0.2) is 0 Å². The molecule has 1 saturated heterocycles. The molecule has 1 fully saturated rings. The van der Waals surface area contributed by atoms with Crippen LogP contribution in [-0.2, 0) is 11.3 Å². The number of piperidine rings is 1. The van der Waals surface area contributed by atoms with Gasteiger partial charge in [0.2, 0.25) is 11.7 Å². The largest absolute Gasteiger partial charge is 0.341 e. The second kappa shape index (κ2) is 7.15. The summed E-state index contributed by atoms with van der Waals surface area (Å²) >= 11 is 6.25. The van der Waals surface area contributed by atoms with Gasteiger partial charge >= 0.3 is 0 Å². The van der Waals surface area contributed by atoms with Crippen LogP contribution in [0.15, 0.2) is 35.1 Å². The summed E-state index contributed by atoms with van der Waals surface area (Å²) in [4.78, 5) is 31.5. The van der Waals surface area contributed by atoms with Crippen molar-refractivity contribution in [2.24, 2.45) is 0 Å². The van der Waals surface area contributed by atoms with Crippen molar-refractivity contribution < 1.29 is 4.79 Å². The van der Waals surface area contributed by atoms with Gasteiger partial charge in [-0.1, -0.05) is 23.7 Å². The van der Waals surface area contributed by atoms with Crippen LogP contribution < -0.4 is 5.56 Å². The Labute approximate surface area is 161 Å². The Morgan fingerprint density at radius 1 is 1.19 bits per heavy atom. The van der Waals surface area contributed by atoms with Crippen LogP contribution in [0, 0.1) is 6.92 Å². The normalized spacial score (nSPS) is 14.7. The molecule has 3 aromatic rings. The molecule has 2 aromatic heterocycles. The van der Waals surface area contributed by atoms with Crippen LogP contribution in [0.4, 0.5) is 0 Å². The lowest BCUT2D eigenvalue weighted by Crippen LogP contribution is -2.38. The van der Waals surface area contributed by atoms with Gasteiger partial charge in [0.05, 0.1) is 5.02 Å². The van der Waals surface area contributed by atoms with Crippen LogP contribution in [-0.4, -0.2) is 43.1 Å². The summed E-state index contributed by atoms with van der Waals surface area (Å²) in [5.74, 6) is 0.744. The van der Waals surface area contributed by atoms with E-state index in [1.54, 1.807) is 23.6 Å². The molecule has 0 spiro atoms. The average molecular weight is 386 g/mol. The van der Waals surface area contributed by atoms with E-state index in [1.807, 2.05) is 17.0 Å². The van der Waals surface area contributed by atoms with Gasteiger partial charge < -0.3 is 9.47 Å². The van der Waals surface area contributed by atoms with Crippen LogP contribution >= 0.6 is 11.6 Å². The summed E-state index contributed by atoms with van der Waals surface area (Å²) in [6, 6.07) is 8.69. The minimum Gasteiger partial charge on any atom is -0.341 e. The lowest BCUT2D eigenvalue weighted by Gasteiger charge is -2.27. The number of likely N-dealkylation sites (tertiary alicyclic amines) is 1. The van der Waals surface area contributed by atoms with Crippen molar-refractivity contribution in [3.63, 3.8) is 0 Å². The Morgan fingerprint density at radius 3 is 2.67 bits per heavy atom. The van der Waals surface area contributed by atoms with Gasteiger partial charge in [0, 0.05) is 30.4 Å². The van der Waals surface area contributed by atoms with Crippen molar-refractivity contribution in [1.82, 2.24) is 24.1 Å². The number of nitrogens with zero attached hydrogens (tertiary/aromatic N) is 5. The van der Waals surface area contributed by atoms with E-state index >= 15 is 0 Å². The summed E-state index contributed by atoms with van der Waals surface area (Å²) in [5, 5.41) is 4.84. The second-order valence-corrected chi connectivity index (χ2v) is 7.19. The predicted molar refractivity (Wildman–Crippen MR) is 103 cm³/mol. The Morgan fingerprint density at radius 2 is 1.93 bits per heavy atom. The van der Waals surface area contributed by atoms with E-state index in [2.05, 4.69) is 10.1 Å². The zero-order valence-corrected chi connectivity index (χ0v) is 15.8. The lowest BCUT2D eigenvalue weighted by atomic mass is 10.1. The molecule has 3 heterocycles. The van der Waals surface area contributed by atoms with E-state index in [4.69, 9.17) is 11.6 Å². The fraction of sp³-hybridized carbons (Fsp3) is 0.368. The molecule has 0 aliphatic carbocycles. The van der Waals surface area contributed by atoms with Gasteiger partial charge in [-0.05, 0) is 38.3 Å². The molecule has 1 aromatic carbocycles. The molecule has 0 saturated carbocycles. The van der Waals surface area contributed by atoms with Gasteiger partial charge in [0.15, 0.2) is 5.82 Å². The monoisotopic (exact) mass is 385 g/mol. The number of hydrogen-bond acceptors (Lipinski definition) is 4. The molecule has 0 atom stereocenters. The van der Waals surface area contributed by atoms with E-state index in [0.29, 0.717) is 27.9 Å². The van der Waals surface area contributed by atoms with Gasteiger partial charge in [-0.15, -0.1) is 5.10 Å². The Kier molecular flexibility index (Phi) is 4.70. The lowest BCUT2D eigenvalue weighted by molar-refractivity contribution is -0.132. The number of benzene rings is 1. The van der Waals surface area contributed by atoms with Gasteiger partial charge in [0.1, 0.15) is 6.54 Å². The molecular weight excluding hydrogens is 366 g/mol. The smallest absolute Gasteiger partial charge is 0.275 e. The molecule has 27 heavy (non-hydrogen) atoms. The highest BCUT2D eigenvalue weighted by Gasteiger charge is 2.20. The number of aryl methyl sites for hydroxylation is 1. The van der Waals surface area contributed by atoms with E-state index in [1.165, 1.54) is 10.6 Å².